The molecule has 0 saturated heterocycles. The van der Waals surface area contributed by atoms with E-state index in [1.165, 1.54) is 18.2 Å². The second-order valence-electron chi connectivity index (χ2n) is 5.00. The monoisotopic (exact) mass is 300 g/mol. The smallest absolute Gasteiger partial charge is 0.338 e. The van der Waals surface area contributed by atoms with E-state index >= 15 is 0 Å². The van der Waals surface area contributed by atoms with Gasteiger partial charge < -0.3 is 4.74 Å². The van der Waals surface area contributed by atoms with Crippen molar-refractivity contribution in [1.29, 1.82) is 0 Å². The van der Waals surface area contributed by atoms with Crippen molar-refractivity contribution in [2.75, 3.05) is 6.61 Å². The van der Waals surface area contributed by atoms with Crippen LogP contribution in [-0.4, -0.2) is 29.0 Å². The van der Waals surface area contributed by atoms with Crippen LogP contribution in [0.25, 0.3) is 0 Å². The quantitative estimate of drug-likeness (QED) is 0.491. The van der Waals surface area contributed by atoms with Gasteiger partial charge in [0.2, 0.25) is 6.33 Å². The maximum Gasteiger partial charge on any atom is 0.338 e. The largest absolute Gasteiger partial charge is 0.458 e. The van der Waals surface area contributed by atoms with E-state index in [2.05, 4.69) is 5.32 Å². The summed E-state index contributed by atoms with van der Waals surface area (Å²) < 4.78 is 8.96. The number of rotatable bonds is 4. The SMILES string of the molecule is C[n+]1ccn(CCOC(=O)c2ccc3c(c2)C(=O)NC3=O)c1. The van der Waals surface area contributed by atoms with E-state index in [1.54, 1.807) is 0 Å². The maximum atomic E-state index is 12.0. The minimum Gasteiger partial charge on any atom is -0.458 e. The fourth-order valence-corrected chi connectivity index (χ4v) is 2.26. The lowest BCUT2D eigenvalue weighted by molar-refractivity contribution is -0.671. The van der Waals surface area contributed by atoms with Crippen LogP contribution >= 0.6 is 0 Å². The minimum atomic E-state index is -0.522. The zero-order chi connectivity index (χ0) is 15.7. The van der Waals surface area contributed by atoms with Crippen LogP contribution in [0.1, 0.15) is 31.1 Å². The van der Waals surface area contributed by atoms with E-state index in [0.29, 0.717) is 6.54 Å². The summed E-state index contributed by atoms with van der Waals surface area (Å²) in [4.78, 5) is 35.0. The van der Waals surface area contributed by atoms with Gasteiger partial charge in [-0.1, -0.05) is 0 Å². The number of ether oxygens (including phenoxy) is 1. The van der Waals surface area contributed by atoms with Gasteiger partial charge in [0.05, 0.1) is 23.7 Å². The number of carbonyl (C=O) groups excluding carboxylic acids is 3. The second-order valence-corrected chi connectivity index (χ2v) is 5.00. The van der Waals surface area contributed by atoms with E-state index in [1.807, 2.05) is 34.9 Å². The third-order valence-corrected chi connectivity index (χ3v) is 3.38. The summed E-state index contributed by atoms with van der Waals surface area (Å²) in [6.45, 7) is 0.756. The predicted molar refractivity (Wildman–Crippen MR) is 74.1 cm³/mol. The van der Waals surface area contributed by atoms with Crippen LogP contribution in [0.5, 0.6) is 0 Å². The Kier molecular flexibility index (Phi) is 3.46. The zero-order valence-electron chi connectivity index (χ0n) is 11.9. The Morgan fingerprint density at radius 3 is 2.77 bits per heavy atom. The lowest BCUT2D eigenvalue weighted by Gasteiger charge is -2.04. The highest BCUT2D eigenvalue weighted by atomic mass is 16.5. The summed E-state index contributed by atoms with van der Waals surface area (Å²) >= 11 is 0. The molecule has 7 nitrogen and oxygen atoms in total. The highest BCUT2D eigenvalue weighted by Gasteiger charge is 2.27. The molecule has 0 fully saturated rings. The summed E-state index contributed by atoms with van der Waals surface area (Å²) in [6.07, 6.45) is 5.64. The standard InChI is InChI=1S/C15H13N3O4/c1-17-4-5-18(9-17)6-7-22-15(21)10-2-3-11-12(8-10)14(20)16-13(11)19/h2-5,8-9H,6-7H2,1H3/p+1. The van der Waals surface area contributed by atoms with Crippen molar-refractivity contribution < 1.29 is 23.7 Å². The van der Waals surface area contributed by atoms with Gasteiger partial charge in [-0.2, -0.15) is 0 Å². The number of aryl methyl sites for hydroxylation is 1. The van der Waals surface area contributed by atoms with Gasteiger partial charge in [-0.15, -0.1) is 0 Å². The Hall–Kier alpha value is -2.96. The number of aromatic nitrogens is 2. The molecule has 1 aliphatic heterocycles. The zero-order valence-corrected chi connectivity index (χ0v) is 11.9. The van der Waals surface area contributed by atoms with Gasteiger partial charge in [-0.05, 0) is 18.2 Å². The van der Waals surface area contributed by atoms with E-state index in [-0.39, 0.29) is 23.3 Å². The highest BCUT2D eigenvalue weighted by molar-refractivity contribution is 6.22. The molecule has 1 aliphatic rings. The molecular weight excluding hydrogens is 286 g/mol. The molecule has 1 aromatic heterocycles. The molecule has 0 saturated carbocycles. The number of hydrogen-bond acceptors (Lipinski definition) is 4. The van der Waals surface area contributed by atoms with Gasteiger partial charge in [0.1, 0.15) is 25.5 Å². The Morgan fingerprint density at radius 1 is 1.27 bits per heavy atom. The molecule has 0 bridgehead atoms. The number of benzene rings is 1. The normalized spacial score (nSPS) is 13.0. The molecule has 0 radical (unpaired) electrons. The highest BCUT2D eigenvalue weighted by Crippen LogP contribution is 2.17. The summed E-state index contributed by atoms with van der Waals surface area (Å²) in [5.41, 5.74) is 0.736. The first-order chi connectivity index (χ1) is 10.5. The fraction of sp³-hybridized carbons (Fsp3) is 0.200. The Morgan fingerprint density at radius 2 is 2.05 bits per heavy atom. The Bertz CT molecular complexity index is 779. The number of carbonyl (C=O) groups is 3. The molecule has 2 aromatic rings. The fourth-order valence-electron chi connectivity index (χ4n) is 2.26. The van der Waals surface area contributed by atoms with Gasteiger partial charge in [0.25, 0.3) is 11.8 Å². The maximum absolute atomic E-state index is 12.0. The first-order valence-electron chi connectivity index (χ1n) is 6.72. The number of fused-ring (bicyclic) bond motifs is 1. The number of imidazole rings is 1. The van der Waals surface area contributed by atoms with Crippen LogP contribution in [0.4, 0.5) is 0 Å². The molecule has 7 heteroatoms. The van der Waals surface area contributed by atoms with E-state index in [0.717, 1.165) is 0 Å². The van der Waals surface area contributed by atoms with Crippen LogP contribution in [-0.2, 0) is 18.3 Å². The van der Waals surface area contributed by atoms with E-state index in [4.69, 9.17) is 4.74 Å². The third kappa shape index (κ3) is 2.60. The van der Waals surface area contributed by atoms with Crippen molar-refractivity contribution in [1.82, 2.24) is 9.88 Å². The van der Waals surface area contributed by atoms with Crippen molar-refractivity contribution >= 4 is 17.8 Å². The number of esters is 1. The molecule has 2 heterocycles. The van der Waals surface area contributed by atoms with Crippen LogP contribution in [0.2, 0.25) is 0 Å². The molecular formula is C15H14N3O4+. The summed E-state index contributed by atoms with van der Waals surface area (Å²) in [6, 6.07) is 4.32. The lowest BCUT2D eigenvalue weighted by atomic mass is 10.1. The summed E-state index contributed by atoms with van der Waals surface area (Å²) in [5.74, 6) is -1.46. The summed E-state index contributed by atoms with van der Waals surface area (Å²) in [5, 5.41) is 2.18. The first-order valence-corrected chi connectivity index (χ1v) is 6.72. The van der Waals surface area contributed by atoms with Gasteiger partial charge in [0, 0.05) is 0 Å². The molecule has 3 rings (SSSR count). The van der Waals surface area contributed by atoms with Gasteiger partial charge >= 0.3 is 5.97 Å². The average molecular weight is 300 g/mol. The van der Waals surface area contributed by atoms with Crippen molar-refractivity contribution in [3.8, 4) is 0 Å². The number of amides is 2. The molecule has 1 N–H and O–H groups in total. The molecule has 112 valence electrons. The third-order valence-electron chi connectivity index (χ3n) is 3.38. The molecule has 0 spiro atoms. The minimum absolute atomic E-state index is 0.205. The molecule has 0 atom stereocenters. The number of hydrogen-bond donors (Lipinski definition) is 1. The number of imide groups is 1. The molecule has 0 unspecified atom stereocenters. The Labute approximate surface area is 126 Å². The van der Waals surface area contributed by atoms with Crippen molar-refractivity contribution in [3.63, 3.8) is 0 Å². The average Bonchev–Trinajstić information content (AvgIpc) is 3.03. The van der Waals surface area contributed by atoms with Gasteiger partial charge in [-0.25, -0.2) is 13.9 Å². The van der Waals surface area contributed by atoms with Crippen molar-refractivity contribution in [2.45, 2.75) is 6.54 Å². The summed E-state index contributed by atoms with van der Waals surface area (Å²) in [7, 11) is 1.90. The second kappa shape index (κ2) is 5.44. The number of nitrogens with zero attached hydrogens (tertiary/aromatic N) is 2. The molecule has 2 amide bonds. The van der Waals surface area contributed by atoms with Crippen LogP contribution in [0.15, 0.2) is 36.9 Å². The first kappa shape index (κ1) is 14.0. The van der Waals surface area contributed by atoms with Gasteiger partial charge in [-0.3, -0.25) is 14.9 Å². The Balaban J connectivity index is 1.64. The van der Waals surface area contributed by atoms with Crippen molar-refractivity contribution in [2.24, 2.45) is 7.05 Å². The van der Waals surface area contributed by atoms with Crippen LogP contribution < -0.4 is 9.88 Å². The van der Waals surface area contributed by atoms with Crippen LogP contribution in [0, 0.1) is 0 Å². The number of nitrogens with one attached hydrogen (secondary N) is 1. The van der Waals surface area contributed by atoms with E-state index in [9.17, 15) is 14.4 Å². The lowest BCUT2D eigenvalue weighted by Crippen LogP contribution is -2.24. The molecule has 1 aromatic carbocycles. The van der Waals surface area contributed by atoms with E-state index < -0.39 is 17.8 Å². The topological polar surface area (TPSA) is 81.3 Å². The molecule has 0 aliphatic carbocycles. The van der Waals surface area contributed by atoms with Crippen LogP contribution in [0.3, 0.4) is 0 Å². The van der Waals surface area contributed by atoms with Gasteiger partial charge in [0.15, 0.2) is 0 Å². The predicted octanol–water partition coefficient (Wildman–Crippen LogP) is 0.0532. The molecule has 22 heavy (non-hydrogen) atoms. The van der Waals surface area contributed by atoms with Crippen molar-refractivity contribution in [3.05, 3.63) is 53.6 Å².